The van der Waals surface area contributed by atoms with Gasteiger partial charge in [0.2, 0.25) is 0 Å². The predicted molar refractivity (Wildman–Crippen MR) is 142 cm³/mol. The molecular formula is C30H35N3O2. The number of aromatic nitrogens is 1. The average Bonchev–Trinajstić information content (AvgIpc) is 2.90. The van der Waals surface area contributed by atoms with E-state index in [-0.39, 0.29) is 5.91 Å². The molecule has 2 fully saturated rings. The topological polar surface area (TPSA) is 45.7 Å². The molecule has 3 heterocycles. The van der Waals surface area contributed by atoms with E-state index in [0.29, 0.717) is 6.61 Å². The highest BCUT2D eigenvalue weighted by Crippen LogP contribution is 2.25. The maximum atomic E-state index is 12.9. The van der Waals surface area contributed by atoms with Crippen molar-refractivity contribution in [2.45, 2.75) is 39.0 Å². The van der Waals surface area contributed by atoms with Crippen molar-refractivity contribution in [1.29, 1.82) is 0 Å². The molecule has 3 aromatic rings. The summed E-state index contributed by atoms with van der Waals surface area (Å²) in [5.41, 5.74) is 5.42. The molecule has 5 rings (SSSR count). The van der Waals surface area contributed by atoms with Gasteiger partial charge in [-0.05, 0) is 81.0 Å². The molecule has 2 aliphatic heterocycles. The number of pyridine rings is 1. The number of benzene rings is 2. The van der Waals surface area contributed by atoms with E-state index in [1.807, 2.05) is 48.2 Å². The van der Waals surface area contributed by atoms with Crippen LogP contribution in [-0.4, -0.2) is 60.0 Å². The molecule has 0 N–H and O–H groups in total. The summed E-state index contributed by atoms with van der Waals surface area (Å²) in [4.78, 5) is 21.9. The van der Waals surface area contributed by atoms with Crippen molar-refractivity contribution in [1.82, 2.24) is 14.8 Å². The highest BCUT2D eigenvalue weighted by Gasteiger charge is 2.18. The number of rotatable bonds is 6. The zero-order valence-electron chi connectivity index (χ0n) is 20.7. The summed E-state index contributed by atoms with van der Waals surface area (Å²) in [6.45, 7) is 7.46. The normalized spacial score (nSPS) is 16.9. The summed E-state index contributed by atoms with van der Waals surface area (Å²) in [7, 11) is 0. The summed E-state index contributed by atoms with van der Waals surface area (Å²) in [6, 6.07) is 18.3. The molecule has 5 nitrogen and oxygen atoms in total. The number of likely N-dealkylation sites (tertiary alicyclic amines) is 2. The second kappa shape index (κ2) is 11.0. The molecule has 5 heteroatoms. The Morgan fingerprint density at radius 3 is 2.60 bits per heavy atom. The van der Waals surface area contributed by atoms with Gasteiger partial charge in [0, 0.05) is 49.4 Å². The minimum atomic E-state index is 0.178. The van der Waals surface area contributed by atoms with Gasteiger partial charge in [0.1, 0.15) is 12.4 Å². The van der Waals surface area contributed by atoms with Crippen LogP contribution < -0.4 is 4.74 Å². The Kier molecular flexibility index (Phi) is 7.43. The molecular weight excluding hydrogens is 434 g/mol. The number of hydrogen-bond acceptors (Lipinski definition) is 4. The second-order valence-electron chi connectivity index (χ2n) is 9.75. The molecule has 0 radical (unpaired) electrons. The number of ether oxygens (including phenoxy) is 1. The number of carbonyl (C=O) groups is 1. The molecule has 2 aliphatic rings. The lowest BCUT2D eigenvalue weighted by atomic mass is 9.99. The minimum Gasteiger partial charge on any atom is -0.492 e. The molecule has 2 saturated heterocycles. The van der Waals surface area contributed by atoms with Crippen LogP contribution in [-0.2, 0) is 0 Å². The molecule has 0 atom stereocenters. The fourth-order valence-corrected chi connectivity index (χ4v) is 5.12. The standard InChI is InChI=1S/C30H35N3O2/c1-23-11-12-27-28(31-23)9-6-10-29(27)35-20-19-32-17-13-24(14-18-32)21-25-7-5-8-26(22-25)30(34)33-15-3-2-4-16-33/h5-12,21-22H,2-4,13-20H2,1H3. The lowest BCUT2D eigenvalue weighted by molar-refractivity contribution is 0.0724. The summed E-state index contributed by atoms with van der Waals surface area (Å²) in [5, 5.41) is 1.07. The van der Waals surface area contributed by atoms with Crippen LogP contribution >= 0.6 is 0 Å². The first-order valence-corrected chi connectivity index (χ1v) is 13.0. The van der Waals surface area contributed by atoms with Gasteiger partial charge in [-0.3, -0.25) is 14.7 Å². The summed E-state index contributed by atoms with van der Waals surface area (Å²) in [6.07, 6.45) is 7.88. The van der Waals surface area contributed by atoms with Crippen LogP contribution in [0.15, 0.2) is 60.2 Å². The fraction of sp³-hybridized carbons (Fsp3) is 0.400. The molecule has 0 spiro atoms. The lowest BCUT2D eigenvalue weighted by Crippen LogP contribution is -2.35. The first kappa shape index (κ1) is 23.6. The lowest BCUT2D eigenvalue weighted by Gasteiger charge is -2.28. The Hall–Kier alpha value is -3.18. The maximum absolute atomic E-state index is 12.9. The molecule has 2 aromatic carbocycles. The average molecular weight is 470 g/mol. The van der Waals surface area contributed by atoms with Crippen LogP contribution in [0.4, 0.5) is 0 Å². The van der Waals surface area contributed by atoms with Crippen LogP contribution in [0.2, 0.25) is 0 Å². The summed E-state index contributed by atoms with van der Waals surface area (Å²) in [5.74, 6) is 1.09. The second-order valence-corrected chi connectivity index (χ2v) is 9.75. The Morgan fingerprint density at radius 2 is 1.77 bits per heavy atom. The number of piperidine rings is 2. The van der Waals surface area contributed by atoms with Crippen molar-refractivity contribution in [3.63, 3.8) is 0 Å². The minimum absolute atomic E-state index is 0.178. The zero-order valence-corrected chi connectivity index (χ0v) is 20.7. The van der Waals surface area contributed by atoms with Crippen molar-refractivity contribution in [2.24, 2.45) is 0 Å². The summed E-state index contributed by atoms with van der Waals surface area (Å²) < 4.78 is 6.14. The molecule has 0 bridgehead atoms. The van der Waals surface area contributed by atoms with Gasteiger partial charge in [-0.15, -0.1) is 0 Å². The van der Waals surface area contributed by atoms with Crippen molar-refractivity contribution < 1.29 is 9.53 Å². The quantitative estimate of drug-likeness (QED) is 0.463. The highest BCUT2D eigenvalue weighted by atomic mass is 16.5. The van der Waals surface area contributed by atoms with Gasteiger partial charge >= 0.3 is 0 Å². The fourth-order valence-electron chi connectivity index (χ4n) is 5.12. The smallest absolute Gasteiger partial charge is 0.253 e. The maximum Gasteiger partial charge on any atom is 0.253 e. The van der Waals surface area contributed by atoms with E-state index in [4.69, 9.17) is 4.74 Å². The Balaban J connectivity index is 1.13. The van der Waals surface area contributed by atoms with Crippen LogP contribution in [0, 0.1) is 6.92 Å². The van der Waals surface area contributed by atoms with Crippen LogP contribution in [0.5, 0.6) is 5.75 Å². The van der Waals surface area contributed by atoms with Gasteiger partial charge in [-0.2, -0.15) is 0 Å². The molecule has 1 aromatic heterocycles. The zero-order chi connectivity index (χ0) is 24.0. The first-order valence-electron chi connectivity index (χ1n) is 13.0. The van der Waals surface area contributed by atoms with E-state index in [0.717, 1.165) is 91.9 Å². The SMILES string of the molecule is Cc1ccc2c(OCCN3CCC(=Cc4cccc(C(=O)N5CCCCC5)c4)CC3)cccc2n1. The van der Waals surface area contributed by atoms with Gasteiger partial charge < -0.3 is 9.64 Å². The largest absolute Gasteiger partial charge is 0.492 e. The molecule has 1 amide bonds. The van der Waals surface area contributed by atoms with Gasteiger partial charge in [0.15, 0.2) is 0 Å². The number of carbonyl (C=O) groups excluding carboxylic acids is 1. The van der Waals surface area contributed by atoms with Gasteiger partial charge in [-0.1, -0.05) is 29.8 Å². The Bertz CT molecular complexity index is 1200. The number of aryl methyl sites for hydroxylation is 1. The van der Waals surface area contributed by atoms with Crippen LogP contribution in [0.1, 0.15) is 53.7 Å². The number of fused-ring (bicyclic) bond motifs is 1. The van der Waals surface area contributed by atoms with Crippen molar-refractivity contribution >= 4 is 22.9 Å². The summed E-state index contributed by atoms with van der Waals surface area (Å²) >= 11 is 0. The first-order chi connectivity index (χ1) is 17.2. The van der Waals surface area contributed by atoms with E-state index in [9.17, 15) is 4.79 Å². The third kappa shape index (κ3) is 5.91. The van der Waals surface area contributed by atoms with E-state index >= 15 is 0 Å². The molecule has 0 unspecified atom stereocenters. The predicted octanol–water partition coefficient (Wildman–Crippen LogP) is 5.73. The highest BCUT2D eigenvalue weighted by molar-refractivity contribution is 5.95. The van der Waals surface area contributed by atoms with Crippen molar-refractivity contribution in [2.75, 3.05) is 39.3 Å². The van der Waals surface area contributed by atoms with Crippen molar-refractivity contribution in [3.8, 4) is 5.75 Å². The van der Waals surface area contributed by atoms with E-state index < -0.39 is 0 Å². The van der Waals surface area contributed by atoms with E-state index in [2.05, 4.69) is 34.2 Å². The number of nitrogens with zero attached hydrogens (tertiary/aromatic N) is 3. The Labute approximate surface area is 208 Å². The third-order valence-corrected chi connectivity index (χ3v) is 7.14. The molecule has 0 aliphatic carbocycles. The Morgan fingerprint density at radius 1 is 0.971 bits per heavy atom. The van der Waals surface area contributed by atoms with Gasteiger partial charge in [0.25, 0.3) is 5.91 Å². The van der Waals surface area contributed by atoms with E-state index in [1.165, 1.54) is 12.0 Å². The molecule has 35 heavy (non-hydrogen) atoms. The monoisotopic (exact) mass is 469 g/mol. The number of amides is 1. The third-order valence-electron chi connectivity index (χ3n) is 7.14. The van der Waals surface area contributed by atoms with Gasteiger partial charge in [0.05, 0.1) is 5.52 Å². The molecule has 0 saturated carbocycles. The van der Waals surface area contributed by atoms with Crippen LogP contribution in [0.25, 0.3) is 17.0 Å². The van der Waals surface area contributed by atoms with Gasteiger partial charge in [-0.25, -0.2) is 0 Å². The van der Waals surface area contributed by atoms with Crippen molar-refractivity contribution in [3.05, 3.63) is 77.0 Å². The van der Waals surface area contributed by atoms with E-state index in [1.54, 1.807) is 0 Å². The van der Waals surface area contributed by atoms with Crippen LogP contribution in [0.3, 0.4) is 0 Å². The number of hydrogen-bond donors (Lipinski definition) is 0. The molecule has 182 valence electrons.